The van der Waals surface area contributed by atoms with E-state index in [0.717, 1.165) is 10.6 Å². The highest BCUT2D eigenvalue weighted by molar-refractivity contribution is 7.10. The van der Waals surface area contributed by atoms with Gasteiger partial charge in [-0.2, -0.15) is 0 Å². The van der Waals surface area contributed by atoms with Gasteiger partial charge in [0.15, 0.2) is 11.2 Å². The van der Waals surface area contributed by atoms with Gasteiger partial charge in [0, 0.05) is 46.4 Å². The summed E-state index contributed by atoms with van der Waals surface area (Å²) in [5.74, 6) is -1.51. The molecule has 7 nitrogen and oxygen atoms in total. The van der Waals surface area contributed by atoms with Gasteiger partial charge in [0.2, 0.25) is 0 Å². The summed E-state index contributed by atoms with van der Waals surface area (Å²) < 4.78 is 16.6. The second kappa shape index (κ2) is 10.2. The Hall–Kier alpha value is -3.49. The Morgan fingerprint density at radius 1 is 1.14 bits per heavy atom. The molecule has 2 aliphatic rings. The van der Waals surface area contributed by atoms with E-state index >= 15 is 0 Å². The summed E-state index contributed by atoms with van der Waals surface area (Å²) >= 11 is 1.63. The number of Topliss-reactive ketones (excluding diaryl/α,β-unsaturated/α-hetero) is 1. The number of carbonyl (C=O) groups excluding carboxylic acids is 2. The first-order valence-electron chi connectivity index (χ1n) is 12.0. The van der Waals surface area contributed by atoms with E-state index in [1.54, 1.807) is 42.5 Å². The molecule has 0 radical (unpaired) electrons. The van der Waals surface area contributed by atoms with Crippen LogP contribution in [0.3, 0.4) is 0 Å². The van der Waals surface area contributed by atoms with Crippen molar-refractivity contribution in [1.29, 1.82) is 0 Å². The molecule has 0 saturated heterocycles. The molecule has 186 valence electrons. The number of thiophene rings is 1. The smallest absolute Gasteiger partial charge is 0.336 e. The van der Waals surface area contributed by atoms with Gasteiger partial charge in [0.05, 0.1) is 29.7 Å². The molecule has 0 unspecified atom stereocenters. The van der Waals surface area contributed by atoms with Crippen LogP contribution in [0.5, 0.6) is 0 Å². The quantitative estimate of drug-likeness (QED) is 0.364. The van der Waals surface area contributed by atoms with Crippen LogP contribution in [0.2, 0.25) is 0 Å². The van der Waals surface area contributed by atoms with Gasteiger partial charge in [-0.3, -0.25) is 9.59 Å². The van der Waals surface area contributed by atoms with Crippen LogP contribution in [0.1, 0.15) is 49.0 Å². The molecular weight excluding hydrogens is 478 g/mol. The molecule has 0 amide bonds. The number of hydrogen-bond donors (Lipinski definition) is 1. The Morgan fingerprint density at radius 3 is 2.75 bits per heavy atom. The van der Waals surface area contributed by atoms with Crippen molar-refractivity contribution in [2.75, 3.05) is 19.8 Å². The molecule has 0 spiro atoms. The first-order chi connectivity index (χ1) is 17.5. The average Bonchev–Trinajstić information content (AvgIpc) is 3.41. The highest BCUT2D eigenvalue weighted by atomic mass is 32.1. The number of hydrogen-bond acceptors (Lipinski definition) is 8. The van der Waals surface area contributed by atoms with Crippen molar-refractivity contribution in [2.24, 2.45) is 0 Å². The SMILES string of the molecule is CCOCCOC(=O)C1=C(C)NC2=C(C(=O)C[C@@H](c3cccs3)C2)[C@@H]1c1coc2ccccc2c1=O. The molecule has 3 aromatic rings. The van der Waals surface area contributed by atoms with Gasteiger partial charge in [-0.25, -0.2) is 4.79 Å². The third kappa shape index (κ3) is 4.42. The van der Waals surface area contributed by atoms with E-state index < -0.39 is 11.9 Å². The number of esters is 1. The van der Waals surface area contributed by atoms with E-state index in [-0.39, 0.29) is 41.5 Å². The summed E-state index contributed by atoms with van der Waals surface area (Å²) in [6.45, 7) is 4.49. The van der Waals surface area contributed by atoms with Crippen LogP contribution in [0, 0.1) is 0 Å². The summed E-state index contributed by atoms with van der Waals surface area (Å²) in [6, 6.07) is 11.0. The first-order valence-corrected chi connectivity index (χ1v) is 12.9. The minimum absolute atomic E-state index is 0.0462. The van der Waals surface area contributed by atoms with Crippen molar-refractivity contribution in [1.82, 2.24) is 5.32 Å². The number of rotatable bonds is 7. The van der Waals surface area contributed by atoms with Gasteiger partial charge in [0.1, 0.15) is 12.2 Å². The lowest BCUT2D eigenvalue weighted by atomic mass is 9.73. The van der Waals surface area contributed by atoms with Crippen LogP contribution < -0.4 is 10.7 Å². The number of ketones is 1. The zero-order valence-electron chi connectivity index (χ0n) is 20.2. The number of allylic oxidation sites excluding steroid dienone is 3. The van der Waals surface area contributed by atoms with Crippen molar-refractivity contribution in [3.8, 4) is 0 Å². The van der Waals surface area contributed by atoms with E-state index in [4.69, 9.17) is 13.9 Å². The Balaban J connectivity index is 1.61. The fourth-order valence-electron chi connectivity index (χ4n) is 5.05. The number of nitrogens with one attached hydrogen (secondary N) is 1. The van der Waals surface area contributed by atoms with E-state index in [9.17, 15) is 14.4 Å². The maximum Gasteiger partial charge on any atom is 0.336 e. The maximum atomic E-state index is 13.6. The number of benzene rings is 1. The molecule has 5 rings (SSSR count). The maximum absolute atomic E-state index is 13.6. The number of ether oxygens (including phenoxy) is 2. The highest BCUT2D eigenvalue weighted by Crippen LogP contribution is 2.45. The van der Waals surface area contributed by atoms with Gasteiger partial charge >= 0.3 is 5.97 Å². The summed E-state index contributed by atoms with van der Waals surface area (Å²) in [5.41, 5.74) is 2.42. The predicted molar refractivity (Wildman–Crippen MR) is 137 cm³/mol. The molecule has 1 aliphatic carbocycles. The largest absolute Gasteiger partial charge is 0.464 e. The molecule has 1 aromatic carbocycles. The second-order valence-electron chi connectivity index (χ2n) is 8.88. The van der Waals surface area contributed by atoms with Crippen molar-refractivity contribution in [3.63, 3.8) is 0 Å². The normalized spacial score (nSPS) is 19.9. The third-order valence-corrected chi connectivity index (χ3v) is 7.71. The number of carbonyl (C=O) groups is 2. The fraction of sp³-hybridized carbons (Fsp3) is 0.321. The Kier molecular flexibility index (Phi) is 6.89. The topological polar surface area (TPSA) is 94.8 Å². The van der Waals surface area contributed by atoms with Crippen molar-refractivity contribution in [2.45, 2.75) is 38.5 Å². The molecule has 2 atom stereocenters. The van der Waals surface area contributed by atoms with Gasteiger partial charge in [0.25, 0.3) is 0 Å². The van der Waals surface area contributed by atoms with E-state index in [1.165, 1.54) is 6.26 Å². The molecule has 36 heavy (non-hydrogen) atoms. The van der Waals surface area contributed by atoms with Gasteiger partial charge in [-0.1, -0.05) is 18.2 Å². The standard InChI is InChI=1S/C28H27NO6S/c1-3-33-10-11-34-28(32)24-16(2)29-20-13-17(23-9-6-12-36-23)14-21(30)26(20)25(24)19-15-35-22-8-5-4-7-18(22)27(19)31/h4-9,12,15,17,25,29H,3,10-11,13-14H2,1-2H3/t17-,25+/m0/s1. The average molecular weight is 506 g/mol. The molecule has 8 heteroatoms. The lowest BCUT2D eigenvalue weighted by molar-refractivity contribution is -0.140. The van der Waals surface area contributed by atoms with Crippen molar-refractivity contribution >= 4 is 34.1 Å². The summed E-state index contributed by atoms with van der Waals surface area (Å²) in [5, 5.41) is 5.71. The monoisotopic (exact) mass is 505 g/mol. The minimum atomic E-state index is -0.876. The summed E-state index contributed by atoms with van der Waals surface area (Å²) in [6.07, 6.45) is 2.30. The van der Waals surface area contributed by atoms with E-state index in [1.807, 2.05) is 24.4 Å². The predicted octanol–water partition coefficient (Wildman–Crippen LogP) is 4.80. The zero-order valence-corrected chi connectivity index (χ0v) is 21.0. The molecule has 0 saturated carbocycles. The van der Waals surface area contributed by atoms with Crippen LogP contribution in [0.25, 0.3) is 11.0 Å². The van der Waals surface area contributed by atoms with Crippen molar-refractivity contribution in [3.05, 3.63) is 91.2 Å². The van der Waals surface area contributed by atoms with Crippen molar-refractivity contribution < 1.29 is 23.5 Å². The molecular formula is C28H27NO6S. The number of dihydropyridines is 1. The Morgan fingerprint density at radius 2 is 1.97 bits per heavy atom. The molecule has 1 aliphatic heterocycles. The van der Waals surface area contributed by atoms with Gasteiger partial charge < -0.3 is 19.2 Å². The molecule has 3 heterocycles. The van der Waals surface area contributed by atoms with Gasteiger partial charge in [-0.15, -0.1) is 11.3 Å². The number of para-hydroxylation sites is 1. The van der Waals surface area contributed by atoms with Crippen LogP contribution in [-0.2, 0) is 19.1 Å². The minimum Gasteiger partial charge on any atom is -0.464 e. The number of fused-ring (bicyclic) bond motifs is 1. The lowest BCUT2D eigenvalue weighted by Crippen LogP contribution is -2.37. The lowest BCUT2D eigenvalue weighted by Gasteiger charge is -2.36. The second-order valence-corrected chi connectivity index (χ2v) is 9.86. The van der Waals surface area contributed by atoms with Crippen LogP contribution in [-0.4, -0.2) is 31.6 Å². The van der Waals surface area contributed by atoms with E-state index in [2.05, 4.69) is 5.32 Å². The Labute approximate surface area is 212 Å². The zero-order chi connectivity index (χ0) is 25.2. The van der Waals surface area contributed by atoms with Crippen LogP contribution >= 0.6 is 11.3 Å². The summed E-state index contributed by atoms with van der Waals surface area (Å²) in [4.78, 5) is 41.7. The van der Waals surface area contributed by atoms with Crippen LogP contribution in [0.15, 0.2) is 79.8 Å². The molecule has 0 bridgehead atoms. The van der Waals surface area contributed by atoms with Crippen LogP contribution in [0.4, 0.5) is 0 Å². The summed E-state index contributed by atoms with van der Waals surface area (Å²) in [7, 11) is 0. The molecule has 1 N–H and O–H groups in total. The van der Waals surface area contributed by atoms with Gasteiger partial charge in [-0.05, 0) is 43.8 Å². The third-order valence-electron chi connectivity index (χ3n) is 6.68. The fourth-order valence-corrected chi connectivity index (χ4v) is 5.88. The molecule has 2 aromatic heterocycles. The first kappa shape index (κ1) is 24.2. The van der Waals surface area contributed by atoms with E-state index in [0.29, 0.717) is 41.7 Å². The Bertz CT molecular complexity index is 1430. The highest BCUT2D eigenvalue weighted by Gasteiger charge is 2.43. The molecule has 0 fully saturated rings.